The van der Waals surface area contributed by atoms with Crippen LogP contribution in [0.1, 0.15) is 5.56 Å². The summed E-state index contributed by atoms with van der Waals surface area (Å²) in [5.41, 5.74) is -1.23. The maximum atomic E-state index is 12.6. The first-order valence-corrected chi connectivity index (χ1v) is 6.93. The molecule has 1 aromatic rings. The molecule has 17 heavy (non-hydrogen) atoms. The van der Waals surface area contributed by atoms with Crippen LogP contribution in [0.2, 0.25) is 0 Å². The molecule has 1 rings (SSSR count). The molecule has 0 aliphatic rings. The van der Waals surface area contributed by atoms with Gasteiger partial charge in [0, 0.05) is 5.33 Å². The number of halogens is 4. The van der Waals surface area contributed by atoms with Crippen LogP contribution in [0.4, 0.5) is 13.2 Å². The highest BCUT2D eigenvalue weighted by molar-refractivity contribution is 9.09. The van der Waals surface area contributed by atoms with Gasteiger partial charge in [0.1, 0.15) is 4.90 Å². The highest BCUT2D eigenvalue weighted by atomic mass is 79.9. The lowest BCUT2D eigenvalue weighted by molar-refractivity contribution is -0.140. The van der Waals surface area contributed by atoms with Crippen molar-refractivity contribution in [3.8, 4) is 0 Å². The molecule has 0 heterocycles. The predicted molar refractivity (Wildman–Crippen MR) is 58.4 cm³/mol. The zero-order chi connectivity index (χ0) is 13.1. The predicted octanol–water partition coefficient (Wildman–Crippen LogP) is 2.81. The molecule has 0 unspecified atom stereocenters. The molecule has 0 saturated heterocycles. The second-order valence-electron chi connectivity index (χ2n) is 2.96. The summed E-state index contributed by atoms with van der Waals surface area (Å²) in [6.45, 7) is -0.228. The summed E-state index contributed by atoms with van der Waals surface area (Å²) in [5, 5.41) is 0.209. The van der Waals surface area contributed by atoms with E-state index in [2.05, 4.69) is 20.1 Å². The monoisotopic (exact) mass is 332 g/mol. The van der Waals surface area contributed by atoms with E-state index in [-0.39, 0.29) is 11.9 Å². The summed E-state index contributed by atoms with van der Waals surface area (Å²) in [4.78, 5) is -0.867. The summed E-state index contributed by atoms with van der Waals surface area (Å²) in [6.07, 6.45) is -4.73. The Bertz CT molecular complexity index is 485. The first kappa shape index (κ1) is 14.5. The molecule has 0 N–H and O–H groups in total. The van der Waals surface area contributed by atoms with E-state index in [1.54, 1.807) is 0 Å². The van der Waals surface area contributed by atoms with Crippen molar-refractivity contribution in [3.05, 3.63) is 29.8 Å². The van der Waals surface area contributed by atoms with Crippen LogP contribution in [0.5, 0.6) is 0 Å². The molecule has 3 nitrogen and oxygen atoms in total. The van der Waals surface area contributed by atoms with E-state index in [0.717, 1.165) is 12.1 Å². The van der Waals surface area contributed by atoms with Crippen molar-refractivity contribution >= 4 is 26.0 Å². The molecule has 8 heteroatoms. The normalized spacial score (nSPS) is 12.7. The number of benzene rings is 1. The van der Waals surface area contributed by atoms with E-state index in [9.17, 15) is 21.6 Å². The molecule has 0 saturated carbocycles. The minimum atomic E-state index is -4.73. The maximum absolute atomic E-state index is 12.6. The molecule has 0 amide bonds. The fourth-order valence-electron chi connectivity index (χ4n) is 1.12. The minimum Gasteiger partial charge on any atom is -0.265 e. The highest BCUT2D eigenvalue weighted by Gasteiger charge is 2.37. The van der Waals surface area contributed by atoms with Crippen LogP contribution >= 0.6 is 15.9 Å². The van der Waals surface area contributed by atoms with Crippen molar-refractivity contribution in [2.24, 2.45) is 0 Å². The number of rotatable bonds is 4. The lowest BCUT2D eigenvalue weighted by atomic mass is 10.2. The van der Waals surface area contributed by atoms with Crippen molar-refractivity contribution < 1.29 is 25.8 Å². The number of hydrogen-bond acceptors (Lipinski definition) is 3. The summed E-state index contributed by atoms with van der Waals surface area (Å²) < 4.78 is 65.2. The van der Waals surface area contributed by atoms with Gasteiger partial charge in [-0.2, -0.15) is 21.6 Å². The third-order valence-electron chi connectivity index (χ3n) is 1.78. The third-order valence-corrected chi connectivity index (χ3v) is 3.47. The smallest absolute Gasteiger partial charge is 0.265 e. The van der Waals surface area contributed by atoms with E-state index in [1.807, 2.05) is 0 Å². The molecule has 0 fully saturated rings. The Balaban J connectivity index is 3.23. The Hall–Kier alpha value is -0.600. The fraction of sp³-hybridized carbons (Fsp3) is 0.333. The van der Waals surface area contributed by atoms with Crippen molar-refractivity contribution in [1.29, 1.82) is 0 Å². The first-order valence-electron chi connectivity index (χ1n) is 4.40. The van der Waals surface area contributed by atoms with E-state index >= 15 is 0 Å². The topological polar surface area (TPSA) is 43.4 Å². The summed E-state index contributed by atoms with van der Waals surface area (Å²) in [5.74, 6) is 0. The molecule has 0 bridgehead atoms. The van der Waals surface area contributed by atoms with Gasteiger partial charge in [0.15, 0.2) is 0 Å². The average molecular weight is 333 g/mol. The van der Waals surface area contributed by atoms with Gasteiger partial charge in [-0.25, -0.2) is 0 Å². The lowest BCUT2D eigenvalue weighted by Gasteiger charge is -2.12. The second-order valence-corrected chi connectivity index (χ2v) is 5.34. The van der Waals surface area contributed by atoms with E-state index < -0.39 is 26.8 Å². The Morgan fingerprint density at radius 1 is 1.24 bits per heavy atom. The molecule has 0 spiro atoms. The SMILES string of the molecule is O=S(=O)(OCCBr)c1ccccc1C(F)(F)F. The van der Waals surface area contributed by atoms with Gasteiger partial charge in [0.05, 0.1) is 12.2 Å². The highest BCUT2D eigenvalue weighted by Crippen LogP contribution is 2.34. The average Bonchev–Trinajstić information content (AvgIpc) is 2.25. The van der Waals surface area contributed by atoms with Gasteiger partial charge < -0.3 is 0 Å². The van der Waals surface area contributed by atoms with E-state index in [1.165, 1.54) is 6.07 Å². The van der Waals surface area contributed by atoms with Crippen molar-refractivity contribution in [3.63, 3.8) is 0 Å². The van der Waals surface area contributed by atoms with Crippen LogP contribution in [0.25, 0.3) is 0 Å². The van der Waals surface area contributed by atoms with Crippen molar-refractivity contribution in [1.82, 2.24) is 0 Å². The van der Waals surface area contributed by atoms with Crippen molar-refractivity contribution in [2.45, 2.75) is 11.1 Å². The quantitative estimate of drug-likeness (QED) is 0.629. The molecule has 0 radical (unpaired) electrons. The summed E-state index contributed by atoms with van der Waals surface area (Å²) >= 11 is 2.92. The molecule has 0 aliphatic carbocycles. The van der Waals surface area contributed by atoms with Gasteiger partial charge in [-0.05, 0) is 12.1 Å². The van der Waals surface area contributed by atoms with Crippen LogP contribution in [-0.4, -0.2) is 20.4 Å². The minimum absolute atomic E-state index is 0.209. The van der Waals surface area contributed by atoms with E-state index in [0.29, 0.717) is 6.07 Å². The Kier molecular flexibility index (Phi) is 4.56. The first-order chi connectivity index (χ1) is 7.79. The molecule has 1 aromatic carbocycles. The van der Waals surface area contributed by atoms with Crippen LogP contribution < -0.4 is 0 Å². The van der Waals surface area contributed by atoms with Crippen LogP contribution in [0, 0.1) is 0 Å². The fourth-order valence-corrected chi connectivity index (χ4v) is 2.63. The molecule has 0 atom stereocenters. The van der Waals surface area contributed by atoms with Crippen LogP contribution in [0.3, 0.4) is 0 Å². The molecule has 96 valence electrons. The maximum Gasteiger partial charge on any atom is 0.417 e. The van der Waals surface area contributed by atoms with Gasteiger partial charge in [-0.1, -0.05) is 28.1 Å². The van der Waals surface area contributed by atoms with E-state index in [4.69, 9.17) is 0 Å². The Morgan fingerprint density at radius 2 is 1.82 bits per heavy atom. The third kappa shape index (κ3) is 3.68. The lowest BCUT2D eigenvalue weighted by Crippen LogP contribution is -2.15. The zero-order valence-electron chi connectivity index (χ0n) is 8.37. The standard InChI is InChI=1S/C9H8BrF3O3S/c10-5-6-16-17(14,15)8-4-2-1-3-7(8)9(11,12)13/h1-4H,5-6H2. The zero-order valence-corrected chi connectivity index (χ0v) is 10.8. The molecule has 0 aliphatic heterocycles. The van der Waals surface area contributed by atoms with Gasteiger partial charge in [-0.3, -0.25) is 4.18 Å². The van der Waals surface area contributed by atoms with Gasteiger partial charge in [0.25, 0.3) is 10.1 Å². The largest absolute Gasteiger partial charge is 0.417 e. The molecular weight excluding hydrogens is 325 g/mol. The van der Waals surface area contributed by atoms with Crippen LogP contribution in [0.15, 0.2) is 29.2 Å². The van der Waals surface area contributed by atoms with Crippen LogP contribution in [-0.2, 0) is 20.5 Å². The summed E-state index contributed by atoms with van der Waals surface area (Å²) in [7, 11) is -4.39. The van der Waals surface area contributed by atoms with Crippen molar-refractivity contribution in [2.75, 3.05) is 11.9 Å². The Morgan fingerprint density at radius 3 is 2.35 bits per heavy atom. The van der Waals surface area contributed by atoms with Gasteiger partial charge in [-0.15, -0.1) is 0 Å². The number of hydrogen-bond donors (Lipinski definition) is 0. The summed E-state index contributed by atoms with van der Waals surface area (Å²) in [6, 6.07) is 3.89. The second kappa shape index (κ2) is 5.36. The number of alkyl halides is 4. The van der Waals surface area contributed by atoms with Gasteiger partial charge in [0.2, 0.25) is 0 Å². The molecular formula is C9H8BrF3O3S. The van der Waals surface area contributed by atoms with Gasteiger partial charge >= 0.3 is 6.18 Å². The Labute approximate surface area is 105 Å². The molecule has 0 aromatic heterocycles.